The monoisotopic (exact) mass is 378 g/mol. The van der Waals surface area contributed by atoms with E-state index in [0.29, 0.717) is 6.54 Å². The van der Waals surface area contributed by atoms with Crippen molar-refractivity contribution in [3.8, 4) is 5.75 Å². The van der Waals surface area contributed by atoms with Gasteiger partial charge in [-0.05, 0) is 48.7 Å². The van der Waals surface area contributed by atoms with Crippen LogP contribution in [-0.4, -0.2) is 39.2 Å². The Morgan fingerprint density at radius 3 is 2.54 bits per heavy atom. The molecule has 1 heterocycles. The Hall–Kier alpha value is -2.95. The van der Waals surface area contributed by atoms with Crippen molar-refractivity contribution >= 4 is 11.6 Å². The van der Waals surface area contributed by atoms with E-state index in [-0.39, 0.29) is 0 Å². The molecule has 0 unspecified atom stereocenters. The molecule has 0 saturated heterocycles. The van der Waals surface area contributed by atoms with Crippen LogP contribution in [0.4, 0.5) is 5.69 Å². The minimum absolute atomic E-state index is 0.660. The number of ether oxygens (including phenoxy) is 1. The predicted molar refractivity (Wildman–Crippen MR) is 117 cm³/mol. The average Bonchev–Trinajstić information content (AvgIpc) is 3.28. The highest BCUT2D eigenvalue weighted by Gasteiger charge is 2.07. The molecule has 0 bridgehead atoms. The molecule has 0 radical (unpaired) electrons. The van der Waals surface area contributed by atoms with Crippen LogP contribution in [0.15, 0.2) is 65.7 Å². The van der Waals surface area contributed by atoms with E-state index >= 15 is 0 Å². The van der Waals surface area contributed by atoms with Crippen LogP contribution >= 0.6 is 0 Å². The molecule has 2 N–H and O–H groups in total. The average molecular weight is 379 g/mol. The molecule has 5 nitrogen and oxygen atoms in total. The van der Waals surface area contributed by atoms with Gasteiger partial charge in [-0.15, -0.1) is 0 Å². The summed E-state index contributed by atoms with van der Waals surface area (Å²) in [6.07, 6.45) is 5.35. The standard InChI is InChI=1S/C23H30N4O/c1-3-24-23(25-14-13-19-9-11-22(28-2)12-10-19)26-18-20-7-6-8-21(17-20)27-15-4-5-16-27/h4-12,17H,3,13-16,18H2,1-2H3,(H2,24,25,26). The lowest BCUT2D eigenvalue weighted by Crippen LogP contribution is -2.38. The number of hydrogen-bond acceptors (Lipinski definition) is 3. The van der Waals surface area contributed by atoms with E-state index in [1.165, 1.54) is 16.8 Å². The largest absolute Gasteiger partial charge is 0.497 e. The molecule has 148 valence electrons. The lowest BCUT2D eigenvalue weighted by atomic mass is 10.1. The summed E-state index contributed by atoms with van der Waals surface area (Å²) in [6, 6.07) is 16.8. The molecule has 0 saturated carbocycles. The second kappa shape index (κ2) is 10.4. The van der Waals surface area contributed by atoms with E-state index in [1.54, 1.807) is 7.11 Å². The van der Waals surface area contributed by atoms with Crippen LogP contribution in [0.1, 0.15) is 18.1 Å². The quantitative estimate of drug-likeness (QED) is 0.420. The number of rotatable bonds is 8. The summed E-state index contributed by atoms with van der Waals surface area (Å²) in [6.45, 7) is 6.39. The van der Waals surface area contributed by atoms with Crippen LogP contribution in [0.2, 0.25) is 0 Å². The van der Waals surface area contributed by atoms with E-state index in [1.807, 2.05) is 12.1 Å². The van der Waals surface area contributed by atoms with Crippen LogP contribution in [0.5, 0.6) is 5.75 Å². The molecular formula is C23H30N4O. The van der Waals surface area contributed by atoms with Crippen molar-refractivity contribution in [1.29, 1.82) is 0 Å². The molecule has 1 aliphatic heterocycles. The molecule has 0 aliphatic carbocycles. The number of methoxy groups -OCH3 is 1. The Morgan fingerprint density at radius 2 is 1.82 bits per heavy atom. The maximum Gasteiger partial charge on any atom is 0.191 e. The highest BCUT2D eigenvalue weighted by molar-refractivity contribution is 5.79. The van der Waals surface area contributed by atoms with Crippen LogP contribution in [-0.2, 0) is 13.0 Å². The number of nitrogens with zero attached hydrogens (tertiary/aromatic N) is 2. The number of anilines is 1. The van der Waals surface area contributed by atoms with Crippen LogP contribution in [0.3, 0.4) is 0 Å². The molecular weight excluding hydrogens is 348 g/mol. The minimum atomic E-state index is 0.660. The zero-order chi connectivity index (χ0) is 19.6. The highest BCUT2D eigenvalue weighted by Crippen LogP contribution is 2.19. The minimum Gasteiger partial charge on any atom is -0.497 e. The number of aliphatic imine (C=N–C) groups is 1. The number of benzene rings is 2. The van der Waals surface area contributed by atoms with Gasteiger partial charge in [-0.2, -0.15) is 0 Å². The van der Waals surface area contributed by atoms with Crippen molar-refractivity contribution in [3.05, 3.63) is 71.8 Å². The summed E-state index contributed by atoms with van der Waals surface area (Å²) in [5, 5.41) is 6.75. The summed E-state index contributed by atoms with van der Waals surface area (Å²) >= 11 is 0. The summed E-state index contributed by atoms with van der Waals surface area (Å²) in [5.74, 6) is 1.74. The van der Waals surface area contributed by atoms with E-state index in [2.05, 4.69) is 71.0 Å². The van der Waals surface area contributed by atoms with Crippen molar-refractivity contribution in [2.45, 2.75) is 19.9 Å². The van der Waals surface area contributed by atoms with Crippen LogP contribution < -0.4 is 20.3 Å². The van der Waals surface area contributed by atoms with Gasteiger partial charge in [0, 0.05) is 31.9 Å². The molecule has 0 aromatic heterocycles. The Labute approximate surface area is 168 Å². The fraction of sp³-hybridized carbons (Fsp3) is 0.348. The van der Waals surface area contributed by atoms with Gasteiger partial charge in [-0.3, -0.25) is 0 Å². The van der Waals surface area contributed by atoms with Gasteiger partial charge < -0.3 is 20.3 Å². The zero-order valence-corrected chi connectivity index (χ0v) is 16.8. The van der Waals surface area contributed by atoms with Crippen molar-refractivity contribution in [2.24, 2.45) is 4.99 Å². The van der Waals surface area contributed by atoms with Crippen molar-refractivity contribution < 1.29 is 4.74 Å². The van der Waals surface area contributed by atoms with Gasteiger partial charge in [0.1, 0.15) is 5.75 Å². The van der Waals surface area contributed by atoms with Crippen molar-refractivity contribution in [3.63, 3.8) is 0 Å². The molecule has 0 spiro atoms. The molecule has 28 heavy (non-hydrogen) atoms. The molecule has 0 amide bonds. The summed E-state index contributed by atoms with van der Waals surface area (Å²) in [7, 11) is 1.69. The van der Waals surface area contributed by atoms with Gasteiger partial charge in [0.15, 0.2) is 5.96 Å². The number of hydrogen-bond donors (Lipinski definition) is 2. The van der Waals surface area contributed by atoms with E-state index in [9.17, 15) is 0 Å². The molecule has 5 heteroatoms. The Kier molecular flexibility index (Phi) is 7.36. The van der Waals surface area contributed by atoms with Gasteiger partial charge in [0.2, 0.25) is 0 Å². The molecule has 2 aromatic carbocycles. The van der Waals surface area contributed by atoms with Crippen LogP contribution in [0.25, 0.3) is 0 Å². The maximum atomic E-state index is 5.21. The fourth-order valence-corrected chi connectivity index (χ4v) is 3.17. The lowest BCUT2D eigenvalue weighted by molar-refractivity contribution is 0.414. The van der Waals surface area contributed by atoms with E-state index < -0.39 is 0 Å². The van der Waals surface area contributed by atoms with Gasteiger partial charge in [-0.25, -0.2) is 4.99 Å². The third-order valence-corrected chi connectivity index (χ3v) is 4.72. The van der Waals surface area contributed by atoms with E-state index in [0.717, 1.165) is 44.3 Å². The molecule has 0 fully saturated rings. The molecule has 3 rings (SSSR count). The predicted octanol–water partition coefficient (Wildman–Crippen LogP) is 3.37. The van der Waals surface area contributed by atoms with Gasteiger partial charge in [-0.1, -0.05) is 36.4 Å². The second-order valence-corrected chi connectivity index (χ2v) is 6.77. The smallest absolute Gasteiger partial charge is 0.191 e. The molecule has 2 aromatic rings. The summed E-state index contributed by atoms with van der Waals surface area (Å²) in [5.41, 5.74) is 3.75. The first kappa shape index (κ1) is 19.8. The van der Waals surface area contributed by atoms with E-state index in [4.69, 9.17) is 9.73 Å². The first-order chi connectivity index (χ1) is 13.8. The lowest BCUT2D eigenvalue weighted by Gasteiger charge is -2.18. The van der Waals surface area contributed by atoms with Gasteiger partial charge >= 0.3 is 0 Å². The summed E-state index contributed by atoms with van der Waals surface area (Å²) < 4.78 is 5.21. The Morgan fingerprint density at radius 1 is 1.04 bits per heavy atom. The maximum absolute atomic E-state index is 5.21. The Balaban J connectivity index is 1.53. The van der Waals surface area contributed by atoms with Crippen molar-refractivity contribution in [1.82, 2.24) is 10.6 Å². The SMILES string of the molecule is CCNC(=NCc1cccc(N2CC=CC2)c1)NCCc1ccc(OC)cc1. The first-order valence-electron chi connectivity index (χ1n) is 9.92. The zero-order valence-electron chi connectivity index (χ0n) is 16.8. The third-order valence-electron chi connectivity index (χ3n) is 4.72. The Bertz CT molecular complexity index is 791. The summed E-state index contributed by atoms with van der Waals surface area (Å²) in [4.78, 5) is 7.10. The number of nitrogens with one attached hydrogen (secondary N) is 2. The van der Waals surface area contributed by atoms with Gasteiger partial charge in [0.25, 0.3) is 0 Å². The molecule has 0 atom stereocenters. The van der Waals surface area contributed by atoms with Crippen molar-refractivity contribution in [2.75, 3.05) is 38.2 Å². The van der Waals surface area contributed by atoms with Gasteiger partial charge in [0.05, 0.1) is 13.7 Å². The number of guanidine groups is 1. The molecule has 1 aliphatic rings. The first-order valence-corrected chi connectivity index (χ1v) is 9.92. The normalized spacial score (nSPS) is 13.6. The van der Waals surface area contributed by atoms with Crippen LogP contribution in [0, 0.1) is 0 Å². The second-order valence-electron chi connectivity index (χ2n) is 6.77. The third kappa shape index (κ3) is 5.78. The topological polar surface area (TPSA) is 48.9 Å². The highest BCUT2D eigenvalue weighted by atomic mass is 16.5. The fourth-order valence-electron chi connectivity index (χ4n) is 3.17.